The number of aromatic nitrogens is 1. The van der Waals surface area contributed by atoms with Crippen molar-refractivity contribution >= 4 is 32.9 Å². The summed E-state index contributed by atoms with van der Waals surface area (Å²) in [4.78, 5) is 15.6. The third-order valence-electron chi connectivity index (χ3n) is 2.85. The molecule has 0 aliphatic rings. The van der Waals surface area contributed by atoms with E-state index in [-0.39, 0.29) is 5.69 Å². The molecule has 0 unspecified atom stereocenters. The van der Waals surface area contributed by atoms with Gasteiger partial charge in [-0.2, -0.15) is 0 Å². The molecule has 3 rings (SSSR count). The number of nitrogens with two attached hydrogens (primary N) is 1. The molecule has 0 amide bonds. The zero-order valence-corrected chi connectivity index (χ0v) is 10.6. The van der Waals surface area contributed by atoms with Crippen molar-refractivity contribution in [2.24, 2.45) is 0 Å². The van der Waals surface area contributed by atoms with E-state index in [2.05, 4.69) is 4.98 Å². The predicted molar refractivity (Wildman–Crippen MR) is 76.1 cm³/mol. The van der Waals surface area contributed by atoms with Gasteiger partial charge in [0.25, 0.3) is 5.69 Å². The minimum Gasteiger partial charge on any atom is -0.398 e. The quantitative estimate of drug-likeness (QED) is 0.571. The summed E-state index contributed by atoms with van der Waals surface area (Å²) in [6.45, 7) is 0. The van der Waals surface area contributed by atoms with E-state index in [1.807, 2.05) is 17.5 Å². The van der Waals surface area contributed by atoms with Crippen LogP contribution in [-0.4, -0.2) is 9.91 Å². The maximum atomic E-state index is 10.8. The normalized spacial score (nSPS) is 10.7. The van der Waals surface area contributed by atoms with Crippen molar-refractivity contribution in [2.75, 3.05) is 5.73 Å². The summed E-state index contributed by atoms with van der Waals surface area (Å²) in [7, 11) is 0. The second-order valence-corrected chi connectivity index (χ2v) is 4.93. The summed E-state index contributed by atoms with van der Waals surface area (Å²) in [5.41, 5.74) is 8.19. The van der Waals surface area contributed by atoms with E-state index in [1.165, 1.54) is 23.5 Å². The number of hydrogen-bond acceptors (Lipinski definition) is 5. The molecule has 19 heavy (non-hydrogen) atoms. The van der Waals surface area contributed by atoms with Crippen LogP contribution in [0.2, 0.25) is 0 Å². The van der Waals surface area contributed by atoms with E-state index < -0.39 is 4.92 Å². The van der Waals surface area contributed by atoms with Crippen molar-refractivity contribution in [3.8, 4) is 11.1 Å². The Morgan fingerprint density at radius 3 is 2.89 bits per heavy atom. The van der Waals surface area contributed by atoms with Gasteiger partial charge < -0.3 is 5.73 Å². The first kappa shape index (κ1) is 11.6. The molecule has 2 aromatic heterocycles. The van der Waals surface area contributed by atoms with Crippen molar-refractivity contribution in [2.45, 2.75) is 0 Å². The Morgan fingerprint density at radius 1 is 1.26 bits per heavy atom. The minimum atomic E-state index is -0.408. The van der Waals surface area contributed by atoms with Crippen LogP contribution in [0.15, 0.2) is 41.9 Å². The zero-order chi connectivity index (χ0) is 13.4. The largest absolute Gasteiger partial charge is 0.398 e. The molecule has 0 aliphatic heterocycles. The van der Waals surface area contributed by atoms with Crippen molar-refractivity contribution in [3.63, 3.8) is 0 Å². The van der Waals surface area contributed by atoms with E-state index in [9.17, 15) is 10.1 Å². The highest BCUT2D eigenvalue weighted by atomic mass is 32.1. The van der Waals surface area contributed by atoms with Gasteiger partial charge in [-0.3, -0.25) is 10.1 Å². The molecular weight excluding hydrogens is 262 g/mol. The summed E-state index contributed by atoms with van der Waals surface area (Å²) in [6, 6.07) is 8.39. The Bertz CT molecular complexity index is 782. The van der Waals surface area contributed by atoms with Gasteiger partial charge in [-0.1, -0.05) is 12.1 Å². The van der Waals surface area contributed by atoms with E-state index in [0.29, 0.717) is 5.69 Å². The topological polar surface area (TPSA) is 82.0 Å². The van der Waals surface area contributed by atoms with Gasteiger partial charge >= 0.3 is 0 Å². The highest BCUT2D eigenvalue weighted by molar-refractivity contribution is 7.17. The van der Waals surface area contributed by atoms with Gasteiger partial charge in [-0.25, -0.2) is 4.98 Å². The van der Waals surface area contributed by atoms with Crippen molar-refractivity contribution < 1.29 is 4.92 Å². The molecule has 5 nitrogen and oxygen atoms in total. The molecule has 6 heteroatoms. The number of nitro groups is 1. The summed E-state index contributed by atoms with van der Waals surface area (Å²) >= 11 is 1.48. The predicted octanol–water partition coefficient (Wildman–Crippen LogP) is 3.45. The summed E-state index contributed by atoms with van der Waals surface area (Å²) in [5, 5.41) is 13.5. The van der Waals surface area contributed by atoms with Crippen molar-refractivity contribution in [1.82, 2.24) is 4.98 Å². The molecule has 0 aliphatic carbocycles. The van der Waals surface area contributed by atoms with E-state index in [0.717, 1.165) is 21.3 Å². The maximum absolute atomic E-state index is 10.8. The van der Waals surface area contributed by atoms with Crippen LogP contribution in [0.3, 0.4) is 0 Å². The van der Waals surface area contributed by atoms with Gasteiger partial charge in [-0.05, 0) is 11.6 Å². The third kappa shape index (κ3) is 2.02. The fraction of sp³-hybridized carbons (Fsp3) is 0. The highest BCUT2D eigenvalue weighted by Gasteiger charge is 2.09. The zero-order valence-electron chi connectivity index (χ0n) is 9.74. The van der Waals surface area contributed by atoms with Gasteiger partial charge in [0, 0.05) is 34.7 Å². The van der Waals surface area contributed by atoms with Crippen LogP contribution in [-0.2, 0) is 0 Å². The molecule has 0 bridgehead atoms. The van der Waals surface area contributed by atoms with Crippen LogP contribution in [0.1, 0.15) is 0 Å². The first-order valence-corrected chi connectivity index (χ1v) is 6.40. The number of rotatable bonds is 2. The Morgan fingerprint density at radius 2 is 2.11 bits per heavy atom. The Labute approximate surface area is 112 Å². The smallest absolute Gasteiger partial charge is 0.270 e. The number of benzene rings is 1. The van der Waals surface area contributed by atoms with E-state index in [4.69, 9.17) is 5.73 Å². The molecule has 0 saturated carbocycles. The Hall–Kier alpha value is -2.47. The van der Waals surface area contributed by atoms with Crippen LogP contribution in [0.5, 0.6) is 0 Å². The fourth-order valence-corrected chi connectivity index (χ4v) is 2.68. The lowest BCUT2D eigenvalue weighted by Gasteiger charge is -2.02. The average Bonchev–Trinajstić information content (AvgIpc) is 2.80. The van der Waals surface area contributed by atoms with Gasteiger partial charge in [0.1, 0.15) is 4.83 Å². The Kier molecular flexibility index (Phi) is 2.64. The Balaban J connectivity index is 2.15. The lowest BCUT2D eigenvalue weighted by Crippen LogP contribution is -1.89. The van der Waals surface area contributed by atoms with E-state index >= 15 is 0 Å². The molecule has 0 atom stereocenters. The van der Waals surface area contributed by atoms with Crippen LogP contribution in [0.4, 0.5) is 11.4 Å². The fourth-order valence-electron chi connectivity index (χ4n) is 1.89. The number of nitrogen functional groups attached to an aromatic ring is 1. The van der Waals surface area contributed by atoms with Crippen LogP contribution >= 0.6 is 11.3 Å². The highest BCUT2D eigenvalue weighted by Crippen LogP contribution is 2.31. The molecule has 0 radical (unpaired) electrons. The number of fused-ring (bicyclic) bond motifs is 1. The number of thiophene rings is 1. The summed E-state index contributed by atoms with van der Waals surface area (Å²) in [5.74, 6) is 0. The SMILES string of the molecule is Nc1csc2ncc(-c3cccc([N+](=O)[O-])c3)cc12. The monoisotopic (exact) mass is 271 g/mol. The molecule has 3 aromatic rings. The first-order chi connectivity index (χ1) is 9.15. The molecule has 1 aromatic carbocycles. The molecular formula is C13H9N3O2S. The molecule has 0 spiro atoms. The minimum absolute atomic E-state index is 0.0656. The number of nitro benzene ring substituents is 1. The van der Waals surface area contributed by atoms with Gasteiger partial charge in [0.15, 0.2) is 0 Å². The molecule has 2 heterocycles. The lowest BCUT2D eigenvalue weighted by atomic mass is 10.1. The van der Waals surface area contributed by atoms with Gasteiger partial charge in [0.2, 0.25) is 0 Å². The number of hydrogen-bond donors (Lipinski definition) is 1. The second kappa shape index (κ2) is 4.33. The molecule has 2 N–H and O–H groups in total. The van der Waals surface area contributed by atoms with Gasteiger partial charge in [0.05, 0.1) is 10.6 Å². The maximum Gasteiger partial charge on any atom is 0.270 e. The van der Waals surface area contributed by atoms with Crippen LogP contribution in [0.25, 0.3) is 21.3 Å². The molecule has 0 saturated heterocycles. The van der Waals surface area contributed by atoms with Gasteiger partial charge in [-0.15, -0.1) is 11.3 Å². The second-order valence-electron chi connectivity index (χ2n) is 4.08. The number of anilines is 1. The number of pyridine rings is 1. The van der Waals surface area contributed by atoms with Crippen molar-refractivity contribution in [1.29, 1.82) is 0 Å². The number of nitrogens with zero attached hydrogens (tertiary/aromatic N) is 2. The van der Waals surface area contributed by atoms with Crippen molar-refractivity contribution in [3.05, 3.63) is 52.0 Å². The molecule has 94 valence electrons. The summed E-state index contributed by atoms with van der Waals surface area (Å²) in [6.07, 6.45) is 1.71. The molecule has 0 fully saturated rings. The van der Waals surface area contributed by atoms with E-state index in [1.54, 1.807) is 12.3 Å². The standard InChI is InChI=1S/C13H9N3O2S/c14-12-7-19-13-11(12)5-9(6-15-13)8-2-1-3-10(4-8)16(17)18/h1-7H,14H2. The third-order valence-corrected chi connectivity index (χ3v) is 3.77. The average molecular weight is 271 g/mol. The first-order valence-electron chi connectivity index (χ1n) is 5.53. The lowest BCUT2D eigenvalue weighted by molar-refractivity contribution is -0.384. The number of non-ortho nitro benzene ring substituents is 1. The van der Waals surface area contributed by atoms with Crippen LogP contribution < -0.4 is 5.73 Å². The summed E-state index contributed by atoms with van der Waals surface area (Å²) < 4.78 is 0. The van der Waals surface area contributed by atoms with Crippen LogP contribution in [0, 0.1) is 10.1 Å².